The second-order valence-corrected chi connectivity index (χ2v) is 8.97. The van der Waals surface area contributed by atoms with Crippen LogP contribution in [-0.4, -0.2) is 47.2 Å². The number of benzene rings is 1. The SMILES string of the molecule is COc1ccc(-c2nnc(SCC(=O)NCC(C)C)n2C2CCCCC2)cc1OC. The average molecular weight is 433 g/mol. The maximum atomic E-state index is 12.2. The quantitative estimate of drug-likeness (QED) is 0.594. The van der Waals surface area contributed by atoms with Crippen molar-refractivity contribution in [2.45, 2.75) is 57.1 Å². The van der Waals surface area contributed by atoms with Gasteiger partial charge in [-0.1, -0.05) is 44.9 Å². The minimum Gasteiger partial charge on any atom is -0.493 e. The van der Waals surface area contributed by atoms with E-state index in [-0.39, 0.29) is 5.91 Å². The molecule has 30 heavy (non-hydrogen) atoms. The predicted octanol–water partition coefficient (Wildman–Crippen LogP) is 4.33. The number of amides is 1. The number of methoxy groups -OCH3 is 2. The van der Waals surface area contributed by atoms with Gasteiger partial charge in [-0.15, -0.1) is 10.2 Å². The van der Waals surface area contributed by atoms with E-state index < -0.39 is 0 Å². The van der Waals surface area contributed by atoms with E-state index in [2.05, 4.69) is 33.9 Å². The molecule has 1 aromatic carbocycles. The molecular weight excluding hydrogens is 400 g/mol. The summed E-state index contributed by atoms with van der Waals surface area (Å²) in [5.74, 6) is 2.95. The van der Waals surface area contributed by atoms with Gasteiger partial charge in [-0.2, -0.15) is 0 Å². The van der Waals surface area contributed by atoms with Gasteiger partial charge in [-0.25, -0.2) is 0 Å². The zero-order valence-corrected chi connectivity index (χ0v) is 19.1. The summed E-state index contributed by atoms with van der Waals surface area (Å²) < 4.78 is 13.1. The molecule has 164 valence electrons. The molecule has 1 aliphatic carbocycles. The molecule has 1 amide bonds. The lowest BCUT2D eigenvalue weighted by molar-refractivity contribution is -0.118. The van der Waals surface area contributed by atoms with Crippen LogP contribution >= 0.6 is 11.8 Å². The first-order chi connectivity index (χ1) is 14.5. The lowest BCUT2D eigenvalue weighted by Gasteiger charge is -2.25. The van der Waals surface area contributed by atoms with Gasteiger partial charge in [0.2, 0.25) is 5.91 Å². The highest BCUT2D eigenvalue weighted by Crippen LogP contribution is 2.38. The van der Waals surface area contributed by atoms with Crippen molar-refractivity contribution >= 4 is 17.7 Å². The van der Waals surface area contributed by atoms with Crippen molar-refractivity contribution in [3.63, 3.8) is 0 Å². The molecule has 1 N–H and O–H groups in total. The molecular formula is C22H32N4O3S. The first-order valence-electron chi connectivity index (χ1n) is 10.6. The van der Waals surface area contributed by atoms with Crippen molar-refractivity contribution in [1.29, 1.82) is 0 Å². The Bertz CT molecular complexity index is 847. The number of nitrogens with one attached hydrogen (secondary N) is 1. The van der Waals surface area contributed by atoms with Gasteiger partial charge in [0.05, 0.1) is 20.0 Å². The number of hydrogen-bond acceptors (Lipinski definition) is 6. The number of hydrogen-bond donors (Lipinski definition) is 1. The van der Waals surface area contributed by atoms with Crippen LogP contribution in [0.15, 0.2) is 23.4 Å². The molecule has 0 bridgehead atoms. The molecule has 0 radical (unpaired) electrons. The zero-order valence-electron chi connectivity index (χ0n) is 18.3. The third kappa shape index (κ3) is 5.47. The Kier molecular flexibility index (Phi) is 8.01. The Balaban J connectivity index is 1.87. The van der Waals surface area contributed by atoms with E-state index in [1.165, 1.54) is 31.0 Å². The fraction of sp³-hybridized carbons (Fsp3) is 0.591. The van der Waals surface area contributed by atoms with Gasteiger partial charge in [0.1, 0.15) is 0 Å². The van der Waals surface area contributed by atoms with E-state index in [4.69, 9.17) is 9.47 Å². The van der Waals surface area contributed by atoms with E-state index in [9.17, 15) is 4.79 Å². The first kappa shape index (κ1) is 22.5. The second-order valence-electron chi connectivity index (χ2n) is 8.02. The van der Waals surface area contributed by atoms with Crippen LogP contribution in [0.25, 0.3) is 11.4 Å². The Hall–Kier alpha value is -2.22. The fourth-order valence-electron chi connectivity index (χ4n) is 3.72. The molecule has 1 aliphatic rings. The highest BCUT2D eigenvalue weighted by atomic mass is 32.2. The van der Waals surface area contributed by atoms with Gasteiger partial charge in [0, 0.05) is 18.2 Å². The van der Waals surface area contributed by atoms with Gasteiger partial charge < -0.3 is 14.8 Å². The molecule has 8 heteroatoms. The number of thioether (sulfide) groups is 1. The Labute approximate surface area is 182 Å². The molecule has 0 saturated heterocycles. The minimum absolute atomic E-state index is 0.0274. The number of carbonyl (C=O) groups is 1. The molecule has 1 aromatic heterocycles. The average Bonchev–Trinajstić information content (AvgIpc) is 3.20. The maximum absolute atomic E-state index is 12.2. The van der Waals surface area contributed by atoms with Crippen LogP contribution in [0.1, 0.15) is 52.0 Å². The van der Waals surface area contributed by atoms with Crippen LogP contribution < -0.4 is 14.8 Å². The highest BCUT2D eigenvalue weighted by Gasteiger charge is 2.25. The van der Waals surface area contributed by atoms with E-state index in [1.807, 2.05) is 18.2 Å². The van der Waals surface area contributed by atoms with Gasteiger partial charge in [0.25, 0.3) is 0 Å². The summed E-state index contributed by atoms with van der Waals surface area (Å²) in [5, 5.41) is 12.7. The summed E-state index contributed by atoms with van der Waals surface area (Å²) in [5.41, 5.74) is 0.932. The van der Waals surface area contributed by atoms with Crippen LogP contribution in [0.3, 0.4) is 0 Å². The summed E-state index contributed by atoms with van der Waals surface area (Å²) in [4.78, 5) is 12.2. The smallest absolute Gasteiger partial charge is 0.230 e. The summed E-state index contributed by atoms with van der Waals surface area (Å²) in [6.07, 6.45) is 5.88. The fourth-order valence-corrected chi connectivity index (χ4v) is 4.55. The predicted molar refractivity (Wildman–Crippen MR) is 119 cm³/mol. The minimum atomic E-state index is 0.0274. The highest BCUT2D eigenvalue weighted by molar-refractivity contribution is 7.99. The Morgan fingerprint density at radius 1 is 1.17 bits per heavy atom. The molecule has 0 spiro atoms. The van der Waals surface area contributed by atoms with Crippen LogP contribution in [0, 0.1) is 5.92 Å². The van der Waals surface area contributed by atoms with E-state index >= 15 is 0 Å². The Morgan fingerprint density at radius 3 is 2.57 bits per heavy atom. The monoisotopic (exact) mass is 432 g/mol. The zero-order chi connectivity index (χ0) is 21.5. The summed E-state index contributed by atoms with van der Waals surface area (Å²) in [6.45, 7) is 4.86. The topological polar surface area (TPSA) is 78.3 Å². The molecule has 0 aliphatic heterocycles. The molecule has 0 atom stereocenters. The second kappa shape index (κ2) is 10.7. The largest absolute Gasteiger partial charge is 0.493 e. The summed E-state index contributed by atoms with van der Waals surface area (Å²) in [6, 6.07) is 6.15. The van der Waals surface area contributed by atoms with Gasteiger partial charge in [-0.05, 0) is 37.0 Å². The third-order valence-electron chi connectivity index (χ3n) is 5.29. The van der Waals surface area contributed by atoms with Crippen LogP contribution in [-0.2, 0) is 4.79 Å². The number of ether oxygens (including phenoxy) is 2. The van der Waals surface area contributed by atoms with Crippen LogP contribution in [0.4, 0.5) is 0 Å². The molecule has 0 unspecified atom stereocenters. The molecule has 7 nitrogen and oxygen atoms in total. The van der Waals surface area contributed by atoms with Gasteiger partial charge in [0.15, 0.2) is 22.5 Å². The van der Waals surface area contributed by atoms with Crippen molar-refractivity contribution in [2.75, 3.05) is 26.5 Å². The standard InChI is InChI=1S/C22H32N4O3S/c1-15(2)13-23-20(27)14-30-22-25-24-21(26(22)17-8-6-5-7-9-17)16-10-11-18(28-3)19(12-16)29-4/h10-12,15,17H,5-9,13-14H2,1-4H3,(H,23,27). The molecule has 3 rings (SSSR count). The van der Waals surface area contributed by atoms with Crippen molar-refractivity contribution < 1.29 is 14.3 Å². The van der Waals surface area contributed by atoms with Crippen LogP contribution in [0.2, 0.25) is 0 Å². The lowest BCUT2D eigenvalue weighted by Crippen LogP contribution is -2.29. The van der Waals surface area contributed by atoms with Crippen LogP contribution in [0.5, 0.6) is 11.5 Å². The lowest BCUT2D eigenvalue weighted by atomic mass is 9.95. The summed E-state index contributed by atoms with van der Waals surface area (Å²) in [7, 11) is 3.26. The number of nitrogens with zero attached hydrogens (tertiary/aromatic N) is 3. The molecule has 2 aromatic rings. The normalized spacial score (nSPS) is 14.7. The number of carbonyl (C=O) groups excluding carboxylic acids is 1. The van der Waals surface area contributed by atoms with E-state index in [1.54, 1.807) is 14.2 Å². The first-order valence-corrected chi connectivity index (χ1v) is 11.6. The molecule has 1 saturated carbocycles. The maximum Gasteiger partial charge on any atom is 0.230 e. The van der Waals surface area contributed by atoms with Crippen molar-refractivity contribution in [3.05, 3.63) is 18.2 Å². The van der Waals surface area contributed by atoms with Gasteiger partial charge >= 0.3 is 0 Å². The van der Waals surface area contributed by atoms with Crippen molar-refractivity contribution in [1.82, 2.24) is 20.1 Å². The number of aromatic nitrogens is 3. The third-order valence-corrected chi connectivity index (χ3v) is 6.23. The van der Waals surface area contributed by atoms with E-state index in [0.717, 1.165) is 29.4 Å². The van der Waals surface area contributed by atoms with E-state index in [0.29, 0.717) is 35.8 Å². The summed E-state index contributed by atoms with van der Waals surface area (Å²) >= 11 is 1.45. The van der Waals surface area contributed by atoms with Crippen molar-refractivity contribution in [2.24, 2.45) is 5.92 Å². The molecule has 1 heterocycles. The van der Waals surface area contributed by atoms with Gasteiger partial charge in [-0.3, -0.25) is 9.36 Å². The van der Waals surface area contributed by atoms with Crippen molar-refractivity contribution in [3.8, 4) is 22.9 Å². The number of rotatable bonds is 9. The molecule has 1 fully saturated rings. The Morgan fingerprint density at radius 2 is 1.90 bits per heavy atom.